The summed E-state index contributed by atoms with van der Waals surface area (Å²) in [6.45, 7) is 0. The lowest BCUT2D eigenvalue weighted by molar-refractivity contribution is 0.796. The van der Waals surface area contributed by atoms with Gasteiger partial charge in [-0.25, -0.2) is 4.98 Å². The van der Waals surface area contributed by atoms with E-state index in [0.717, 1.165) is 33.1 Å². The van der Waals surface area contributed by atoms with Gasteiger partial charge in [0.05, 0.1) is 22.1 Å². The second-order valence-corrected chi connectivity index (χ2v) is 12.9. The van der Waals surface area contributed by atoms with Gasteiger partial charge in [-0.15, -0.1) is 0 Å². The zero-order valence-electron chi connectivity index (χ0n) is 25.4. The molecule has 0 N–H and O–H groups in total. The largest absolute Gasteiger partial charge is 0.254 e. The molecule has 0 bridgehead atoms. The van der Waals surface area contributed by atoms with Crippen LogP contribution in [-0.4, -0.2) is 9.97 Å². The standard InChI is InChI=1S/C45H26N2/c1-2-11-30-25-39-36(24-29(30)10-1)42-34-16-4-3-13-31(34)35(41-22-21-28-20-19-27-12-9-23-46-43(27)44(28)47-41)26-40(42)45(39)37-17-7-5-14-32(37)33-15-6-8-18-38(33)45/h1-26H. The summed E-state index contributed by atoms with van der Waals surface area (Å²) >= 11 is 0. The van der Waals surface area contributed by atoms with Crippen LogP contribution in [0.1, 0.15) is 22.3 Å². The quantitative estimate of drug-likeness (QED) is 0.177. The van der Waals surface area contributed by atoms with Crippen LogP contribution in [0.4, 0.5) is 0 Å². The fraction of sp³-hybridized carbons (Fsp3) is 0.0222. The molecule has 2 aromatic heterocycles. The average molecular weight is 595 g/mol. The maximum atomic E-state index is 5.38. The van der Waals surface area contributed by atoms with Crippen molar-refractivity contribution in [2.24, 2.45) is 0 Å². The van der Waals surface area contributed by atoms with Crippen molar-refractivity contribution in [3.8, 4) is 33.5 Å². The van der Waals surface area contributed by atoms with Crippen LogP contribution in [0.25, 0.3) is 76.9 Å². The Morgan fingerprint density at radius 2 is 1.00 bits per heavy atom. The van der Waals surface area contributed by atoms with Crippen molar-refractivity contribution >= 4 is 43.4 Å². The molecule has 0 radical (unpaired) electrons. The van der Waals surface area contributed by atoms with Crippen molar-refractivity contribution in [2.45, 2.75) is 5.41 Å². The first kappa shape index (κ1) is 25.1. The Balaban J connectivity index is 1.32. The van der Waals surface area contributed by atoms with Crippen molar-refractivity contribution in [3.05, 3.63) is 180 Å². The monoisotopic (exact) mass is 594 g/mol. The Bertz CT molecular complexity index is 2760. The molecule has 2 nitrogen and oxygen atoms in total. The van der Waals surface area contributed by atoms with E-state index in [1.165, 1.54) is 66.1 Å². The number of hydrogen-bond acceptors (Lipinski definition) is 2. The van der Waals surface area contributed by atoms with Gasteiger partial charge in [0.2, 0.25) is 0 Å². The van der Waals surface area contributed by atoms with Gasteiger partial charge >= 0.3 is 0 Å². The van der Waals surface area contributed by atoms with Gasteiger partial charge in [-0.3, -0.25) is 4.98 Å². The topological polar surface area (TPSA) is 25.8 Å². The first-order chi connectivity index (χ1) is 23.3. The molecule has 47 heavy (non-hydrogen) atoms. The molecule has 1 spiro atoms. The highest BCUT2D eigenvalue weighted by Gasteiger charge is 2.52. The van der Waals surface area contributed by atoms with Gasteiger partial charge in [0.15, 0.2) is 0 Å². The van der Waals surface area contributed by atoms with Gasteiger partial charge in [0.1, 0.15) is 0 Å². The Kier molecular flexibility index (Phi) is 4.80. The average Bonchev–Trinajstić information content (AvgIpc) is 3.60. The minimum Gasteiger partial charge on any atom is -0.254 e. The van der Waals surface area contributed by atoms with Gasteiger partial charge in [-0.05, 0) is 96.4 Å². The fourth-order valence-corrected chi connectivity index (χ4v) is 8.76. The SMILES string of the molecule is c1ccc2c(c1)-c1ccccc1C21c2cc3ccccc3cc2-c2c1cc(-c1ccc3ccc4cccnc4c3n1)c1ccccc21. The highest BCUT2D eigenvalue weighted by Crippen LogP contribution is 2.64. The van der Waals surface area contributed by atoms with E-state index in [4.69, 9.17) is 9.97 Å². The number of rotatable bonds is 1. The molecule has 216 valence electrons. The molecule has 0 unspecified atom stereocenters. The van der Waals surface area contributed by atoms with Crippen LogP contribution in [0.3, 0.4) is 0 Å². The molecule has 0 fully saturated rings. The summed E-state index contributed by atoms with van der Waals surface area (Å²) in [7, 11) is 0. The zero-order chi connectivity index (χ0) is 30.7. The molecule has 0 amide bonds. The molecule has 2 heteroatoms. The third-order valence-corrected chi connectivity index (χ3v) is 10.7. The van der Waals surface area contributed by atoms with Gasteiger partial charge in [0.25, 0.3) is 0 Å². The van der Waals surface area contributed by atoms with Gasteiger partial charge < -0.3 is 0 Å². The number of hydrogen-bond donors (Lipinski definition) is 0. The maximum absolute atomic E-state index is 5.38. The van der Waals surface area contributed by atoms with E-state index < -0.39 is 5.41 Å². The third-order valence-electron chi connectivity index (χ3n) is 10.7. The number of pyridine rings is 2. The Morgan fingerprint density at radius 3 is 1.79 bits per heavy atom. The predicted octanol–water partition coefficient (Wildman–Crippen LogP) is 11.1. The maximum Gasteiger partial charge on any atom is 0.0972 e. The first-order valence-corrected chi connectivity index (χ1v) is 16.2. The van der Waals surface area contributed by atoms with Crippen LogP contribution in [-0.2, 0) is 5.41 Å². The number of fused-ring (bicyclic) bond motifs is 16. The van der Waals surface area contributed by atoms with Crippen LogP contribution >= 0.6 is 0 Å². The van der Waals surface area contributed by atoms with Crippen molar-refractivity contribution in [1.82, 2.24) is 9.97 Å². The molecule has 0 atom stereocenters. The molecule has 2 aliphatic rings. The fourth-order valence-electron chi connectivity index (χ4n) is 8.76. The van der Waals surface area contributed by atoms with Crippen LogP contribution < -0.4 is 0 Å². The Labute approximate surface area is 271 Å². The summed E-state index contributed by atoms with van der Waals surface area (Å²) in [5.74, 6) is 0. The lowest BCUT2D eigenvalue weighted by Crippen LogP contribution is -2.26. The number of nitrogens with zero attached hydrogens (tertiary/aromatic N) is 2. The summed E-state index contributed by atoms with van der Waals surface area (Å²) in [4.78, 5) is 10.1. The van der Waals surface area contributed by atoms with E-state index in [0.29, 0.717) is 0 Å². The van der Waals surface area contributed by atoms with E-state index in [9.17, 15) is 0 Å². The molecular weight excluding hydrogens is 569 g/mol. The lowest BCUT2D eigenvalue weighted by Gasteiger charge is -2.31. The molecule has 0 aliphatic heterocycles. The summed E-state index contributed by atoms with van der Waals surface area (Å²) in [5, 5.41) is 7.19. The van der Waals surface area contributed by atoms with Crippen LogP contribution in [0.2, 0.25) is 0 Å². The summed E-state index contributed by atoms with van der Waals surface area (Å²) in [6, 6.07) is 55.9. The van der Waals surface area contributed by atoms with E-state index in [1.807, 2.05) is 12.3 Å². The predicted molar refractivity (Wildman–Crippen MR) is 194 cm³/mol. The molecule has 11 rings (SSSR count). The van der Waals surface area contributed by atoms with Gasteiger partial charge in [-0.1, -0.05) is 121 Å². The summed E-state index contributed by atoms with van der Waals surface area (Å²) in [5.41, 5.74) is 14.2. The van der Waals surface area contributed by atoms with Gasteiger partial charge in [-0.2, -0.15) is 0 Å². The molecule has 9 aromatic rings. The Hall–Kier alpha value is -6.12. The molecule has 7 aromatic carbocycles. The van der Waals surface area contributed by atoms with Gasteiger partial charge in [0, 0.05) is 22.5 Å². The third kappa shape index (κ3) is 3.15. The van der Waals surface area contributed by atoms with E-state index in [-0.39, 0.29) is 0 Å². The van der Waals surface area contributed by atoms with Crippen LogP contribution in [0.5, 0.6) is 0 Å². The highest BCUT2D eigenvalue weighted by molar-refractivity contribution is 6.13. The van der Waals surface area contributed by atoms with E-state index in [2.05, 4.69) is 146 Å². The van der Waals surface area contributed by atoms with E-state index >= 15 is 0 Å². The molecule has 0 saturated carbocycles. The Morgan fingerprint density at radius 1 is 0.383 bits per heavy atom. The van der Waals surface area contributed by atoms with Crippen molar-refractivity contribution in [2.75, 3.05) is 0 Å². The smallest absolute Gasteiger partial charge is 0.0972 e. The number of benzene rings is 7. The normalized spacial score (nSPS) is 13.7. The van der Waals surface area contributed by atoms with Crippen molar-refractivity contribution < 1.29 is 0 Å². The molecular formula is C45H26N2. The minimum absolute atomic E-state index is 0.453. The first-order valence-electron chi connectivity index (χ1n) is 16.2. The highest BCUT2D eigenvalue weighted by atomic mass is 14.8. The van der Waals surface area contributed by atoms with Crippen LogP contribution in [0, 0.1) is 0 Å². The van der Waals surface area contributed by atoms with Crippen molar-refractivity contribution in [3.63, 3.8) is 0 Å². The summed E-state index contributed by atoms with van der Waals surface area (Å²) < 4.78 is 0. The van der Waals surface area contributed by atoms with Crippen molar-refractivity contribution in [1.29, 1.82) is 0 Å². The molecule has 0 saturated heterocycles. The minimum atomic E-state index is -0.453. The number of aromatic nitrogens is 2. The second-order valence-electron chi connectivity index (χ2n) is 12.9. The zero-order valence-corrected chi connectivity index (χ0v) is 25.4. The lowest BCUT2D eigenvalue weighted by atomic mass is 9.70. The van der Waals surface area contributed by atoms with E-state index in [1.54, 1.807) is 0 Å². The molecule has 2 heterocycles. The summed E-state index contributed by atoms with van der Waals surface area (Å²) in [6.07, 6.45) is 1.86. The molecule has 2 aliphatic carbocycles. The van der Waals surface area contributed by atoms with Crippen LogP contribution in [0.15, 0.2) is 158 Å². The second kappa shape index (κ2) is 8.99.